The van der Waals surface area contributed by atoms with Crippen LogP contribution in [0.1, 0.15) is 0 Å². The van der Waals surface area contributed by atoms with Crippen LogP contribution < -0.4 is 9.13 Å². The van der Waals surface area contributed by atoms with Crippen molar-refractivity contribution < 1.29 is 18.0 Å². The number of fused-ring (bicyclic) bond motifs is 2. The van der Waals surface area contributed by atoms with Crippen LogP contribution in [0.2, 0.25) is 0 Å². The Morgan fingerprint density at radius 3 is 1.37 bits per heavy atom. The molecule has 8 rings (SSSR count). The quantitative estimate of drug-likeness (QED) is 0.196. The summed E-state index contributed by atoms with van der Waals surface area (Å²) >= 11 is 0. The smallest absolute Gasteiger partial charge is 0.212 e. The van der Waals surface area contributed by atoms with E-state index in [1.807, 2.05) is 0 Å². The van der Waals surface area contributed by atoms with Crippen LogP contribution in [0.5, 0.6) is 0 Å². The van der Waals surface area contributed by atoms with Crippen LogP contribution in [0.3, 0.4) is 0 Å². The van der Waals surface area contributed by atoms with Crippen molar-refractivity contribution in [2.24, 2.45) is 14.1 Å². The van der Waals surface area contributed by atoms with Crippen molar-refractivity contribution in [3.8, 4) is 0 Å². The van der Waals surface area contributed by atoms with Crippen LogP contribution in [0.4, 0.5) is 0 Å². The maximum Gasteiger partial charge on any atom is 0.212 e. The van der Waals surface area contributed by atoms with Crippen molar-refractivity contribution in [3.63, 3.8) is 0 Å². The van der Waals surface area contributed by atoms with Gasteiger partial charge in [-0.3, -0.25) is 0 Å². The van der Waals surface area contributed by atoms with Gasteiger partial charge in [0.2, 0.25) is 12.4 Å². The van der Waals surface area contributed by atoms with Gasteiger partial charge in [0.1, 0.15) is 25.3 Å². The minimum absolute atomic E-state index is 0.913. The minimum atomic E-state index is 0.913. The molecule has 0 amide bonds. The van der Waals surface area contributed by atoms with Crippen LogP contribution in [0.15, 0.2) is 70.0 Å². The van der Waals surface area contributed by atoms with E-state index in [-0.39, 0.29) is 0 Å². The van der Waals surface area contributed by atoms with Crippen LogP contribution in [0.25, 0.3) is 76.2 Å². The molecule has 0 aliphatic carbocycles. The largest absolute Gasteiger partial charge is 0.450 e. The molecule has 0 saturated carbocycles. The second kappa shape index (κ2) is 4.62. The second-order valence-corrected chi connectivity index (χ2v) is 8.46. The molecule has 0 radical (unpaired) electrons. The zero-order valence-electron chi connectivity index (χ0n) is 16.5. The first kappa shape index (κ1) is 15.0. The summed E-state index contributed by atoms with van der Waals surface area (Å²) < 4.78 is 17.1. The van der Waals surface area contributed by atoms with E-state index in [2.05, 4.69) is 84.4 Å². The molecule has 0 atom stereocenters. The van der Waals surface area contributed by atoms with Gasteiger partial charge in [0.15, 0.2) is 23.6 Å². The van der Waals surface area contributed by atoms with E-state index in [0.717, 1.165) is 22.3 Å². The van der Waals surface area contributed by atoms with Crippen molar-refractivity contribution in [2.75, 3.05) is 0 Å². The maximum absolute atomic E-state index is 6.48. The summed E-state index contributed by atoms with van der Waals surface area (Å²) in [6, 6.07) is 12.7. The fourth-order valence-corrected chi connectivity index (χ4v) is 5.64. The molecule has 0 saturated heterocycles. The molecular formula is C26H16N2O2+2. The van der Waals surface area contributed by atoms with Crippen molar-refractivity contribution in [1.82, 2.24) is 0 Å². The molecule has 0 aliphatic heterocycles. The van der Waals surface area contributed by atoms with Gasteiger partial charge in [0.05, 0.1) is 10.8 Å². The standard InChI is InChI=1S/C26H16N2O2/c1-27-9-15-13-5-3-8-18-21(13)26-24-16(10-28(2)12-20(24)30-18)14-6-4-7-17-22(14)25(26)23(15)19(11-27)29-17/h3-12H,1-2H3/q+2. The average molecular weight is 388 g/mol. The second-order valence-electron chi connectivity index (χ2n) is 8.46. The summed E-state index contributed by atoms with van der Waals surface area (Å²) in [6.45, 7) is 0. The summed E-state index contributed by atoms with van der Waals surface area (Å²) in [5, 5.41) is 12.1. The topological polar surface area (TPSA) is 34.0 Å². The molecule has 0 N–H and O–H groups in total. The van der Waals surface area contributed by atoms with Gasteiger partial charge in [-0.15, -0.1) is 0 Å². The molecule has 0 spiro atoms. The maximum atomic E-state index is 6.48. The number of hydrogen-bond donors (Lipinski definition) is 0. The van der Waals surface area contributed by atoms with Gasteiger partial charge in [-0.05, 0) is 12.1 Å². The molecule has 4 heterocycles. The van der Waals surface area contributed by atoms with E-state index in [1.54, 1.807) is 0 Å². The monoisotopic (exact) mass is 388 g/mol. The lowest BCUT2D eigenvalue weighted by atomic mass is 9.86. The van der Waals surface area contributed by atoms with E-state index < -0.39 is 0 Å². The molecule has 4 aromatic heterocycles. The van der Waals surface area contributed by atoms with Crippen LogP contribution in [-0.2, 0) is 14.1 Å². The third kappa shape index (κ3) is 1.51. The normalized spacial score (nSPS) is 13.0. The van der Waals surface area contributed by atoms with Crippen LogP contribution >= 0.6 is 0 Å². The fourth-order valence-electron chi connectivity index (χ4n) is 5.64. The van der Waals surface area contributed by atoms with Crippen molar-refractivity contribution in [2.45, 2.75) is 0 Å². The third-order valence-electron chi connectivity index (χ3n) is 6.66. The lowest BCUT2D eigenvalue weighted by Gasteiger charge is -2.19. The predicted octanol–water partition coefficient (Wildman–Crippen LogP) is 5.47. The molecule has 0 bridgehead atoms. The van der Waals surface area contributed by atoms with Crippen molar-refractivity contribution in [3.05, 3.63) is 61.2 Å². The highest BCUT2D eigenvalue weighted by molar-refractivity contribution is 6.46. The molecule has 0 aliphatic rings. The summed E-state index contributed by atoms with van der Waals surface area (Å²) in [5.74, 6) is 0. The summed E-state index contributed by atoms with van der Waals surface area (Å²) in [7, 11) is 4.10. The average Bonchev–Trinajstić information content (AvgIpc) is 2.74. The third-order valence-corrected chi connectivity index (χ3v) is 6.66. The number of rotatable bonds is 0. The Morgan fingerprint density at radius 2 is 0.900 bits per heavy atom. The van der Waals surface area contributed by atoms with E-state index in [9.17, 15) is 0 Å². The zero-order chi connectivity index (χ0) is 19.7. The first-order valence-corrected chi connectivity index (χ1v) is 10.1. The highest BCUT2D eigenvalue weighted by Gasteiger charge is 2.27. The van der Waals surface area contributed by atoms with Gasteiger partial charge in [-0.25, -0.2) is 9.13 Å². The van der Waals surface area contributed by atoms with Gasteiger partial charge in [0, 0.05) is 43.1 Å². The highest BCUT2D eigenvalue weighted by atomic mass is 16.3. The Morgan fingerprint density at radius 1 is 0.467 bits per heavy atom. The lowest BCUT2D eigenvalue weighted by Crippen LogP contribution is -2.27. The zero-order valence-corrected chi connectivity index (χ0v) is 16.5. The Labute approximate surface area is 169 Å². The molecule has 0 fully saturated rings. The number of pyridine rings is 2. The summed E-state index contributed by atoms with van der Waals surface area (Å²) in [5.41, 5.74) is 3.67. The number of nitrogens with zero attached hydrogens (tertiary/aromatic N) is 2. The molecule has 8 aromatic rings. The van der Waals surface area contributed by atoms with Crippen molar-refractivity contribution in [1.29, 1.82) is 0 Å². The molecular weight excluding hydrogens is 372 g/mol. The SMILES string of the molecule is C[n+]1cc2oc3cccc4c5c[n+](C)cc6oc7cccc8c(c1)c2c(c34)c(c78)c65. The van der Waals surface area contributed by atoms with Gasteiger partial charge in [-0.1, -0.05) is 24.3 Å². The van der Waals surface area contributed by atoms with Crippen molar-refractivity contribution >= 4 is 76.2 Å². The van der Waals surface area contributed by atoms with E-state index in [4.69, 9.17) is 8.83 Å². The lowest BCUT2D eigenvalue weighted by molar-refractivity contribution is -0.669. The van der Waals surface area contributed by atoms with Crippen LogP contribution in [0, 0.1) is 0 Å². The fraction of sp³-hybridized carbons (Fsp3) is 0.0769. The number of aryl methyl sites for hydroxylation is 2. The first-order valence-electron chi connectivity index (χ1n) is 10.1. The van der Waals surface area contributed by atoms with E-state index in [0.29, 0.717) is 0 Å². The van der Waals surface area contributed by atoms with E-state index in [1.165, 1.54) is 53.9 Å². The Balaban J connectivity index is 1.95. The first-order chi connectivity index (χ1) is 14.7. The number of aromatic nitrogens is 2. The number of hydrogen-bond acceptors (Lipinski definition) is 2. The van der Waals surface area contributed by atoms with E-state index >= 15 is 0 Å². The molecule has 140 valence electrons. The van der Waals surface area contributed by atoms with Gasteiger partial charge < -0.3 is 8.83 Å². The molecule has 4 nitrogen and oxygen atoms in total. The van der Waals surface area contributed by atoms with Gasteiger partial charge in [0.25, 0.3) is 0 Å². The summed E-state index contributed by atoms with van der Waals surface area (Å²) in [4.78, 5) is 0. The molecule has 4 aromatic carbocycles. The Kier molecular flexibility index (Phi) is 2.31. The number of benzene rings is 4. The molecule has 4 heteroatoms. The Bertz CT molecular complexity index is 1830. The molecule has 30 heavy (non-hydrogen) atoms. The van der Waals surface area contributed by atoms with Gasteiger partial charge >= 0.3 is 0 Å². The molecule has 0 unspecified atom stereocenters. The minimum Gasteiger partial charge on any atom is -0.450 e. The highest BCUT2D eigenvalue weighted by Crippen LogP contribution is 2.50. The van der Waals surface area contributed by atoms with Crippen LogP contribution in [-0.4, -0.2) is 0 Å². The van der Waals surface area contributed by atoms with Gasteiger partial charge in [-0.2, -0.15) is 0 Å². The predicted molar refractivity (Wildman–Crippen MR) is 118 cm³/mol. The summed E-state index contributed by atoms with van der Waals surface area (Å²) in [6.07, 6.45) is 8.56. The Hall–Kier alpha value is -3.92.